The van der Waals surface area contributed by atoms with Crippen LogP contribution in [0, 0.1) is 11.7 Å². The van der Waals surface area contributed by atoms with Crippen molar-refractivity contribution in [2.24, 2.45) is 5.92 Å². The minimum absolute atomic E-state index is 0.0719. The topological polar surface area (TPSA) is 43.6 Å². The van der Waals surface area contributed by atoms with Crippen LogP contribution in [0.5, 0.6) is 0 Å². The number of benzene rings is 4. The van der Waals surface area contributed by atoms with Crippen LogP contribution in [-0.4, -0.2) is 19.7 Å². The van der Waals surface area contributed by atoms with E-state index in [4.69, 9.17) is 5.10 Å². The molecular weight excluding hydrogens is 579 g/mol. The lowest BCUT2D eigenvalue weighted by Crippen LogP contribution is -2.43. The van der Waals surface area contributed by atoms with Crippen LogP contribution in [0.1, 0.15) is 17.5 Å². The van der Waals surface area contributed by atoms with Crippen LogP contribution in [0.15, 0.2) is 170 Å². The molecule has 47 heavy (non-hydrogen) atoms. The molecule has 8 rings (SSSR count). The molecule has 0 radical (unpaired) electrons. The number of hydrogen-bond acceptors (Lipinski definition) is 3. The highest BCUT2D eigenvalue weighted by atomic mass is 19.1. The van der Waals surface area contributed by atoms with Gasteiger partial charge in [-0.1, -0.05) is 97.1 Å². The number of halogens is 1. The summed E-state index contributed by atoms with van der Waals surface area (Å²) in [5, 5.41) is 6.46. The van der Waals surface area contributed by atoms with Gasteiger partial charge in [0.25, 0.3) is 0 Å². The second-order valence-electron chi connectivity index (χ2n) is 11.8. The third-order valence-corrected chi connectivity index (χ3v) is 9.13. The van der Waals surface area contributed by atoms with Gasteiger partial charge in [-0.2, -0.15) is 5.10 Å². The number of pyridine rings is 2. The van der Waals surface area contributed by atoms with Crippen molar-refractivity contribution in [1.82, 2.24) is 19.7 Å². The molecule has 0 saturated heterocycles. The molecule has 4 aromatic carbocycles. The Balaban J connectivity index is 1.42. The van der Waals surface area contributed by atoms with E-state index < -0.39 is 5.54 Å². The molecule has 0 N–H and O–H groups in total. The van der Waals surface area contributed by atoms with Crippen LogP contribution in [0.3, 0.4) is 0 Å². The molecule has 1 atom stereocenters. The van der Waals surface area contributed by atoms with Crippen molar-refractivity contribution in [2.45, 2.75) is 12.0 Å². The molecule has 5 heteroatoms. The molecule has 3 heterocycles. The first-order valence-electron chi connectivity index (χ1n) is 15.8. The fraction of sp³-hybridized carbons (Fsp3) is 0.0714. The average Bonchev–Trinajstić information content (AvgIpc) is 3.59. The van der Waals surface area contributed by atoms with E-state index in [1.54, 1.807) is 0 Å². The first-order chi connectivity index (χ1) is 23.2. The maximum Gasteiger partial charge on any atom is 0.123 e. The fourth-order valence-corrected chi connectivity index (χ4v) is 6.95. The van der Waals surface area contributed by atoms with Gasteiger partial charge < -0.3 is 0 Å². The van der Waals surface area contributed by atoms with Gasteiger partial charge in [0, 0.05) is 46.6 Å². The molecule has 1 aliphatic carbocycles. The number of hydrogen-bond donors (Lipinski definition) is 0. The van der Waals surface area contributed by atoms with Gasteiger partial charge in [0.05, 0.1) is 11.2 Å². The zero-order chi connectivity index (χ0) is 31.6. The highest BCUT2D eigenvalue weighted by Gasteiger charge is 2.44. The summed E-state index contributed by atoms with van der Waals surface area (Å²) in [7, 11) is 0. The Morgan fingerprint density at radius 2 is 1.38 bits per heavy atom. The highest BCUT2D eigenvalue weighted by molar-refractivity contribution is 5.97. The van der Waals surface area contributed by atoms with E-state index in [2.05, 4.69) is 124 Å². The summed E-state index contributed by atoms with van der Waals surface area (Å²) in [5.74, 6) is -0.212. The van der Waals surface area contributed by atoms with Gasteiger partial charge in [0.15, 0.2) is 0 Å². The first kappa shape index (κ1) is 28.5. The van der Waals surface area contributed by atoms with E-state index in [1.165, 1.54) is 12.1 Å². The molecule has 0 bridgehead atoms. The Morgan fingerprint density at radius 1 is 0.660 bits per heavy atom. The van der Waals surface area contributed by atoms with Gasteiger partial charge in [-0.25, -0.2) is 4.39 Å². The summed E-state index contributed by atoms with van der Waals surface area (Å²) >= 11 is 0. The van der Waals surface area contributed by atoms with Gasteiger partial charge in [-0.15, -0.1) is 0 Å². The van der Waals surface area contributed by atoms with Crippen LogP contribution in [0.25, 0.3) is 44.5 Å². The number of nitrogens with zero attached hydrogens (tertiary/aromatic N) is 4. The Bertz CT molecular complexity index is 2180. The minimum Gasteiger partial charge on any atom is -0.256 e. The third kappa shape index (κ3) is 5.06. The van der Waals surface area contributed by atoms with Crippen LogP contribution in [0.4, 0.5) is 4.39 Å². The van der Waals surface area contributed by atoms with Crippen LogP contribution >= 0.6 is 0 Å². The molecule has 0 spiro atoms. The van der Waals surface area contributed by atoms with Crippen molar-refractivity contribution in [2.75, 3.05) is 0 Å². The third-order valence-electron chi connectivity index (χ3n) is 9.13. The van der Waals surface area contributed by atoms with Crippen molar-refractivity contribution < 1.29 is 4.39 Å². The van der Waals surface area contributed by atoms with Crippen molar-refractivity contribution in [3.63, 3.8) is 0 Å². The molecule has 1 aliphatic rings. The van der Waals surface area contributed by atoms with Gasteiger partial charge in [-0.05, 0) is 77.7 Å². The van der Waals surface area contributed by atoms with Crippen molar-refractivity contribution >= 4 is 10.9 Å². The molecule has 3 aromatic heterocycles. The number of rotatable bonds is 7. The Morgan fingerprint density at radius 3 is 2.06 bits per heavy atom. The lowest BCUT2D eigenvalue weighted by Gasteiger charge is -2.41. The van der Waals surface area contributed by atoms with E-state index in [9.17, 15) is 4.39 Å². The maximum absolute atomic E-state index is 14.2. The summed E-state index contributed by atoms with van der Waals surface area (Å²) < 4.78 is 16.4. The zero-order valence-electron chi connectivity index (χ0n) is 25.6. The summed E-state index contributed by atoms with van der Waals surface area (Å²) in [6, 6.07) is 42.1. The molecule has 7 aromatic rings. The molecule has 1 unspecified atom stereocenters. The lowest BCUT2D eigenvalue weighted by molar-refractivity contribution is 0.293. The van der Waals surface area contributed by atoms with Crippen molar-refractivity contribution in [1.29, 1.82) is 0 Å². The van der Waals surface area contributed by atoms with E-state index in [0.29, 0.717) is 0 Å². The summed E-state index contributed by atoms with van der Waals surface area (Å²) in [4.78, 5) is 9.31. The van der Waals surface area contributed by atoms with E-state index in [1.807, 2.05) is 48.8 Å². The predicted molar refractivity (Wildman–Crippen MR) is 187 cm³/mol. The van der Waals surface area contributed by atoms with Crippen molar-refractivity contribution in [3.05, 3.63) is 187 Å². The van der Waals surface area contributed by atoms with Crippen LogP contribution < -0.4 is 0 Å². The largest absolute Gasteiger partial charge is 0.256 e. The smallest absolute Gasteiger partial charge is 0.123 e. The zero-order valence-corrected chi connectivity index (χ0v) is 25.6. The lowest BCUT2D eigenvalue weighted by atomic mass is 9.70. The standard InChI is InChI=1S/C42H31FN4/c43-35-22-19-30(20-23-35)41-38(31-21-24-40-37(28-31)36(25-27-45-40)39-18-10-11-26-44-39)29-47(46-41)42(32-12-4-1-5-13-32,33-14-6-2-7-15-33)34-16-8-3-9-17-34/h1-16,18-29,34H,17H2. The van der Waals surface area contributed by atoms with Gasteiger partial charge >= 0.3 is 0 Å². The van der Waals surface area contributed by atoms with E-state index in [0.717, 1.165) is 62.1 Å². The van der Waals surface area contributed by atoms with Gasteiger partial charge in [0.1, 0.15) is 17.1 Å². The normalized spacial score (nSPS) is 14.4. The molecule has 0 amide bonds. The minimum atomic E-state index is -0.672. The highest BCUT2D eigenvalue weighted by Crippen LogP contribution is 2.46. The SMILES string of the molecule is Fc1ccc(-c2nn(C(c3ccccc3)(c3ccccc3)C3C=CC=CC3)cc2-c2ccc3nccc(-c4ccccn4)c3c2)cc1. The Labute approximate surface area is 273 Å². The molecule has 4 nitrogen and oxygen atoms in total. The molecule has 0 aliphatic heterocycles. The van der Waals surface area contributed by atoms with Gasteiger partial charge in [-0.3, -0.25) is 14.6 Å². The fourth-order valence-electron chi connectivity index (χ4n) is 6.95. The second kappa shape index (κ2) is 12.1. The Hall–Kier alpha value is -5.94. The molecule has 0 fully saturated rings. The van der Waals surface area contributed by atoms with E-state index >= 15 is 0 Å². The van der Waals surface area contributed by atoms with Crippen LogP contribution in [-0.2, 0) is 5.54 Å². The first-order valence-corrected chi connectivity index (χ1v) is 15.8. The number of allylic oxidation sites excluding steroid dienone is 4. The average molecular weight is 611 g/mol. The molecule has 226 valence electrons. The van der Waals surface area contributed by atoms with E-state index in [-0.39, 0.29) is 11.7 Å². The number of fused-ring (bicyclic) bond motifs is 1. The summed E-state index contributed by atoms with van der Waals surface area (Å²) in [6.07, 6.45) is 15.4. The second-order valence-corrected chi connectivity index (χ2v) is 11.8. The molecular formula is C42H31FN4. The van der Waals surface area contributed by atoms with Crippen molar-refractivity contribution in [3.8, 4) is 33.6 Å². The Kier molecular flexibility index (Phi) is 7.35. The maximum atomic E-state index is 14.2. The van der Waals surface area contributed by atoms with Crippen LogP contribution in [0.2, 0.25) is 0 Å². The summed E-state index contributed by atoms with van der Waals surface area (Å²) in [5.41, 5.74) is 7.93. The predicted octanol–water partition coefficient (Wildman–Crippen LogP) is 9.89. The molecule has 0 saturated carbocycles. The monoisotopic (exact) mass is 610 g/mol. The summed E-state index contributed by atoms with van der Waals surface area (Å²) in [6.45, 7) is 0. The quantitative estimate of drug-likeness (QED) is 0.180. The van der Waals surface area contributed by atoms with Gasteiger partial charge in [0.2, 0.25) is 0 Å². The number of aromatic nitrogens is 4.